The molecule has 0 saturated carbocycles. The molecule has 0 unspecified atom stereocenters. The van der Waals surface area contributed by atoms with Crippen LogP contribution < -0.4 is 10.1 Å². The van der Waals surface area contributed by atoms with Crippen LogP contribution in [-0.4, -0.2) is 33.8 Å². The zero-order valence-electron chi connectivity index (χ0n) is 17.2. The number of carboxylic acids is 1. The third-order valence-corrected chi connectivity index (χ3v) is 4.88. The molecule has 9 nitrogen and oxygen atoms in total. The van der Waals surface area contributed by atoms with Crippen LogP contribution in [0.25, 0.3) is 6.08 Å². The molecule has 1 aromatic heterocycles. The maximum absolute atomic E-state index is 12.7. The van der Waals surface area contributed by atoms with Gasteiger partial charge < -0.3 is 14.3 Å². The number of nitrogens with one attached hydrogen (secondary N) is 1. The third kappa shape index (κ3) is 4.99. The Labute approximate surface area is 187 Å². The fourth-order valence-corrected chi connectivity index (χ4v) is 3.13. The topological polar surface area (TPSA) is 126 Å². The predicted octanol–water partition coefficient (Wildman–Crippen LogP) is 3.22. The van der Waals surface area contributed by atoms with Crippen LogP contribution in [0.5, 0.6) is 5.75 Å². The molecule has 0 aliphatic carbocycles. The summed E-state index contributed by atoms with van der Waals surface area (Å²) in [7, 11) is 0. The van der Waals surface area contributed by atoms with Crippen molar-refractivity contribution in [2.75, 3.05) is 0 Å². The van der Waals surface area contributed by atoms with Crippen LogP contribution in [0.15, 0.2) is 76.9 Å². The number of ether oxygens (including phenoxy) is 1. The van der Waals surface area contributed by atoms with Gasteiger partial charge in [-0.2, -0.15) is 0 Å². The first-order chi connectivity index (χ1) is 15.9. The molecule has 1 saturated heterocycles. The maximum atomic E-state index is 12.7. The molecule has 0 radical (unpaired) electrons. The highest BCUT2D eigenvalue weighted by Crippen LogP contribution is 2.20. The molecule has 166 valence electrons. The molecule has 2 aromatic carbocycles. The standard InChI is InChI=1S/C24H18N2O7/c27-21-20(22(28)26(24(31)25-21)13-19-2-1-11-32-19)12-15-5-9-18(10-6-15)33-14-16-3-7-17(8-4-16)23(29)30/h1-12H,13-14H2,(H,29,30)(H,25,27,31)/b20-12+. The fourth-order valence-electron chi connectivity index (χ4n) is 3.13. The SMILES string of the molecule is O=C1NC(=O)N(Cc2ccco2)C(=O)/C1=C/c1ccc(OCc2ccc(C(=O)O)cc2)cc1. The highest BCUT2D eigenvalue weighted by molar-refractivity contribution is 6.30. The van der Waals surface area contributed by atoms with E-state index in [9.17, 15) is 19.2 Å². The minimum atomic E-state index is -0.995. The number of aromatic carboxylic acids is 1. The first kappa shape index (κ1) is 21.6. The monoisotopic (exact) mass is 446 g/mol. The number of urea groups is 1. The van der Waals surface area contributed by atoms with E-state index in [0.29, 0.717) is 17.1 Å². The number of furan rings is 1. The van der Waals surface area contributed by atoms with Gasteiger partial charge in [-0.25, -0.2) is 9.59 Å². The molecule has 2 N–H and O–H groups in total. The van der Waals surface area contributed by atoms with Gasteiger partial charge in [0.25, 0.3) is 11.8 Å². The minimum Gasteiger partial charge on any atom is -0.489 e. The molecule has 1 aliphatic rings. The van der Waals surface area contributed by atoms with E-state index in [1.807, 2.05) is 0 Å². The molecular weight excluding hydrogens is 428 g/mol. The Morgan fingerprint density at radius 1 is 1.03 bits per heavy atom. The van der Waals surface area contributed by atoms with Crippen molar-refractivity contribution in [1.29, 1.82) is 0 Å². The molecule has 1 aliphatic heterocycles. The number of rotatable bonds is 7. The highest BCUT2D eigenvalue weighted by Gasteiger charge is 2.36. The van der Waals surface area contributed by atoms with Crippen LogP contribution in [-0.2, 0) is 22.7 Å². The summed E-state index contributed by atoms with van der Waals surface area (Å²) in [6, 6.07) is 15.5. The lowest BCUT2D eigenvalue weighted by molar-refractivity contribution is -0.130. The predicted molar refractivity (Wildman–Crippen MR) is 115 cm³/mol. The number of carbonyl (C=O) groups is 4. The van der Waals surface area contributed by atoms with E-state index in [2.05, 4.69) is 5.32 Å². The van der Waals surface area contributed by atoms with Gasteiger partial charge in [0.2, 0.25) is 0 Å². The molecule has 4 rings (SSSR count). The van der Waals surface area contributed by atoms with Crippen LogP contribution in [0.1, 0.15) is 27.2 Å². The summed E-state index contributed by atoms with van der Waals surface area (Å²) in [4.78, 5) is 48.9. The second-order valence-corrected chi connectivity index (χ2v) is 7.15. The molecule has 4 amide bonds. The summed E-state index contributed by atoms with van der Waals surface area (Å²) in [5.74, 6) is -1.53. The number of hydrogen-bond acceptors (Lipinski definition) is 6. The lowest BCUT2D eigenvalue weighted by Crippen LogP contribution is -2.53. The number of hydrogen-bond donors (Lipinski definition) is 2. The Morgan fingerprint density at radius 3 is 2.39 bits per heavy atom. The highest BCUT2D eigenvalue weighted by atomic mass is 16.5. The van der Waals surface area contributed by atoms with E-state index in [-0.39, 0.29) is 24.3 Å². The summed E-state index contributed by atoms with van der Waals surface area (Å²) >= 11 is 0. The van der Waals surface area contributed by atoms with Crippen molar-refractivity contribution in [3.63, 3.8) is 0 Å². The largest absolute Gasteiger partial charge is 0.489 e. The second-order valence-electron chi connectivity index (χ2n) is 7.15. The Balaban J connectivity index is 1.43. The number of amides is 4. The normalized spacial score (nSPS) is 15.0. The van der Waals surface area contributed by atoms with Gasteiger partial charge in [-0.1, -0.05) is 24.3 Å². The average Bonchev–Trinajstić information content (AvgIpc) is 3.32. The molecular formula is C24H18N2O7. The number of carboxylic acid groups (broad SMARTS) is 1. The van der Waals surface area contributed by atoms with E-state index < -0.39 is 23.8 Å². The van der Waals surface area contributed by atoms with E-state index >= 15 is 0 Å². The lowest BCUT2D eigenvalue weighted by Gasteiger charge is -2.25. The van der Waals surface area contributed by atoms with E-state index in [1.165, 1.54) is 24.5 Å². The molecule has 9 heteroatoms. The van der Waals surface area contributed by atoms with Gasteiger partial charge in [0.1, 0.15) is 23.7 Å². The van der Waals surface area contributed by atoms with Gasteiger partial charge in [0.05, 0.1) is 18.4 Å². The van der Waals surface area contributed by atoms with E-state index in [4.69, 9.17) is 14.3 Å². The van der Waals surface area contributed by atoms with Crippen LogP contribution in [0, 0.1) is 0 Å². The van der Waals surface area contributed by atoms with E-state index in [1.54, 1.807) is 48.5 Å². The van der Waals surface area contributed by atoms with Gasteiger partial charge in [0.15, 0.2) is 0 Å². The summed E-state index contributed by atoms with van der Waals surface area (Å²) in [5.41, 5.74) is 1.39. The quantitative estimate of drug-likeness (QED) is 0.421. The van der Waals surface area contributed by atoms with Crippen molar-refractivity contribution in [1.82, 2.24) is 10.2 Å². The summed E-state index contributed by atoms with van der Waals surface area (Å²) in [6.45, 7) is 0.146. The zero-order valence-corrected chi connectivity index (χ0v) is 17.2. The molecule has 0 spiro atoms. The first-order valence-electron chi connectivity index (χ1n) is 9.87. The van der Waals surface area contributed by atoms with Crippen molar-refractivity contribution in [2.24, 2.45) is 0 Å². The molecule has 0 atom stereocenters. The third-order valence-electron chi connectivity index (χ3n) is 4.88. The summed E-state index contributed by atoms with van der Waals surface area (Å²) in [6.07, 6.45) is 2.83. The summed E-state index contributed by atoms with van der Waals surface area (Å²) in [5, 5.41) is 11.1. The molecule has 33 heavy (non-hydrogen) atoms. The Kier molecular flexibility index (Phi) is 6.03. The van der Waals surface area contributed by atoms with E-state index in [0.717, 1.165) is 10.5 Å². The van der Waals surface area contributed by atoms with Crippen LogP contribution in [0.3, 0.4) is 0 Å². The molecule has 0 bridgehead atoms. The van der Waals surface area contributed by atoms with Gasteiger partial charge in [-0.3, -0.25) is 19.8 Å². The fraction of sp³-hybridized carbons (Fsp3) is 0.0833. The number of carbonyl (C=O) groups excluding carboxylic acids is 3. The van der Waals surface area contributed by atoms with Crippen molar-refractivity contribution in [3.05, 3.63) is 95.0 Å². The lowest BCUT2D eigenvalue weighted by atomic mass is 10.1. The van der Waals surface area contributed by atoms with Crippen LogP contribution in [0.2, 0.25) is 0 Å². The smallest absolute Gasteiger partial charge is 0.335 e. The van der Waals surface area contributed by atoms with Gasteiger partial charge in [-0.05, 0) is 53.6 Å². The number of barbiturate groups is 1. The molecule has 3 aromatic rings. The van der Waals surface area contributed by atoms with Gasteiger partial charge in [-0.15, -0.1) is 0 Å². The van der Waals surface area contributed by atoms with Crippen LogP contribution >= 0.6 is 0 Å². The first-order valence-corrected chi connectivity index (χ1v) is 9.87. The number of benzene rings is 2. The van der Waals surface area contributed by atoms with Crippen LogP contribution in [0.4, 0.5) is 4.79 Å². The Morgan fingerprint density at radius 2 is 1.76 bits per heavy atom. The molecule has 2 heterocycles. The zero-order chi connectivity index (χ0) is 23.4. The van der Waals surface area contributed by atoms with Crippen molar-refractivity contribution < 1.29 is 33.4 Å². The Hall–Kier alpha value is -4.66. The number of nitrogens with zero attached hydrogens (tertiary/aromatic N) is 1. The molecule has 1 fully saturated rings. The average molecular weight is 446 g/mol. The minimum absolute atomic E-state index is 0.0947. The Bertz CT molecular complexity index is 1230. The number of imide groups is 2. The maximum Gasteiger partial charge on any atom is 0.335 e. The van der Waals surface area contributed by atoms with Gasteiger partial charge in [0, 0.05) is 0 Å². The van der Waals surface area contributed by atoms with Crippen molar-refractivity contribution in [3.8, 4) is 5.75 Å². The second kappa shape index (κ2) is 9.23. The van der Waals surface area contributed by atoms with Gasteiger partial charge >= 0.3 is 12.0 Å². The van der Waals surface area contributed by atoms with Crippen molar-refractivity contribution >= 4 is 29.9 Å². The summed E-state index contributed by atoms with van der Waals surface area (Å²) < 4.78 is 10.9. The van der Waals surface area contributed by atoms with Crippen molar-refractivity contribution in [2.45, 2.75) is 13.2 Å².